The minimum Gasteiger partial charge on any atom is -0.309 e. The lowest BCUT2D eigenvalue weighted by atomic mass is 9.61. The van der Waals surface area contributed by atoms with E-state index in [4.69, 9.17) is 0 Å². The minimum atomic E-state index is 0.564. The lowest BCUT2D eigenvalue weighted by Crippen LogP contribution is -2.52. The molecule has 9 heavy (non-hydrogen) atoms. The monoisotopic (exact) mass is 125 g/mol. The molecule has 1 fully saturated rings. The van der Waals surface area contributed by atoms with Crippen LogP contribution in [-0.2, 0) is 0 Å². The molecule has 0 aromatic carbocycles. The van der Waals surface area contributed by atoms with E-state index in [0.29, 0.717) is 5.44 Å². The van der Waals surface area contributed by atoms with E-state index >= 15 is 0 Å². The molecule has 0 saturated heterocycles. The maximum absolute atomic E-state index is 2.45. The van der Waals surface area contributed by atoms with Crippen molar-refractivity contribution in [2.75, 3.05) is 13.6 Å². The lowest BCUT2D eigenvalue weighted by Gasteiger charge is -2.46. The Morgan fingerprint density at radius 2 is 2.11 bits per heavy atom. The van der Waals surface area contributed by atoms with Gasteiger partial charge in [-0.2, -0.15) is 0 Å². The summed E-state index contributed by atoms with van der Waals surface area (Å²) in [4.78, 5) is 2.45. The number of hydrogen-bond donors (Lipinski definition) is 0. The highest BCUT2D eigenvalue weighted by Crippen LogP contribution is 2.33. The van der Waals surface area contributed by atoms with Crippen LogP contribution < -0.4 is 0 Å². The molecular weight excluding hydrogens is 109 g/mol. The zero-order valence-corrected chi connectivity index (χ0v) is 6.78. The van der Waals surface area contributed by atoms with Crippen molar-refractivity contribution in [2.24, 2.45) is 0 Å². The van der Waals surface area contributed by atoms with Crippen LogP contribution in [0.25, 0.3) is 0 Å². The van der Waals surface area contributed by atoms with Gasteiger partial charge in [-0.25, -0.2) is 0 Å². The fraction of sp³-hybridized carbons (Fsp3) is 1.00. The molecule has 0 N–H and O–H groups in total. The molecule has 0 heterocycles. The van der Waals surface area contributed by atoms with E-state index in [-0.39, 0.29) is 0 Å². The van der Waals surface area contributed by atoms with Crippen LogP contribution in [0.15, 0.2) is 0 Å². The van der Waals surface area contributed by atoms with Crippen LogP contribution in [0.4, 0.5) is 0 Å². The van der Waals surface area contributed by atoms with E-state index in [1.165, 1.54) is 25.8 Å². The van der Waals surface area contributed by atoms with Crippen molar-refractivity contribution in [1.29, 1.82) is 0 Å². The molecule has 52 valence electrons. The SMILES string of the molecule is BC1(N(C)CC)CCC1. The van der Waals surface area contributed by atoms with E-state index in [1.807, 2.05) is 0 Å². The standard InChI is InChI=1S/C7H16BN/c1-3-9(2)7(8)5-4-6-7/h3-6,8H2,1-2H3. The quantitative estimate of drug-likeness (QED) is 0.484. The highest BCUT2D eigenvalue weighted by molar-refractivity contribution is 6.15. The highest BCUT2D eigenvalue weighted by Gasteiger charge is 2.34. The molecule has 0 unspecified atom stereocenters. The van der Waals surface area contributed by atoms with Crippen LogP contribution in [0.2, 0.25) is 0 Å². The van der Waals surface area contributed by atoms with Gasteiger partial charge in [0.05, 0.1) is 0 Å². The first-order valence-corrected chi connectivity index (χ1v) is 3.90. The summed E-state index contributed by atoms with van der Waals surface area (Å²) in [7, 11) is 4.58. The first-order valence-electron chi connectivity index (χ1n) is 3.90. The lowest BCUT2D eigenvalue weighted by molar-refractivity contribution is 0.124. The van der Waals surface area contributed by atoms with E-state index in [1.54, 1.807) is 0 Å². The topological polar surface area (TPSA) is 3.24 Å². The van der Waals surface area contributed by atoms with Crippen molar-refractivity contribution in [2.45, 2.75) is 31.6 Å². The molecule has 0 amide bonds. The molecule has 1 nitrogen and oxygen atoms in total. The summed E-state index contributed by atoms with van der Waals surface area (Å²) in [6, 6.07) is 0. The Morgan fingerprint density at radius 3 is 2.22 bits per heavy atom. The predicted octanol–water partition coefficient (Wildman–Crippen LogP) is 0.451. The summed E-state index contributed by atoms with van der Waals surface area (Å²) in [6.07, 6.45) is 4.23. The Morgan fingerprint density at radius 1 is 1.56 bits per heavy atom. The summed E-state index contributed by atoms with van der Waals surface area (Å²) in [6.45, 7) is 3.42. The van der Waals surface area contributed by atoms with Gasteiger partial charge in [-0.15, -0.1) is 0 Å². The summed E-state index contributed by atoms with van der Waals surface area (Å²) < 4.78 is 0. The molecule has 0 bridgehead atoms. The second kappa shape index (κ2) is 2.33. The largest absolute Gasteiger partial charge is 0.309 e. The van der Waals surface area contributed by atoms with Gasteiger partial charge in [-0.1, -0.05) is 13.3 Å². The minimum absolute atomic E-state index is 0.564. The second-order valence-corrected chi connectivity index (χ2v) is 3.36. The first kappa shape index (κ1) is 7.14. The van der Waals surface area contributed by atoms with Crippen LogP contribution in [0.3, 0.4) is 0 Å². The van der Waals surface area contributed by atoms with Gasteiger partial charge in [-0.3, -0.25) is 0 Å². The molecule has 0 atom stereocenters. The summed E-state index contributed by atoms with van der Waals surface area (Å²) in [5.41, 5.74) is 0.564. The second-order valence-electron chi connectivity index (χ2n) is 3.36. The van der Waals surface area contributed by atoms with Crippen molar-refractivity contribution in [1.82, 2.24) is 4.90 Å². The van der Waals surface area contributed by atoms with Gasteiger partial charge in [0.15, 0.2) is 0 Å². The molecular formula is C7H16BN. The van der Waals surface area contributed by atoms with E-state index in [0.717, 1.165) is 0 Å². The zero-order chi connectivity index (χ0) is 6.91. The third-order valence-corrected chi connectivity index (χ3v) is 2.83. The van der Waals surface area contributed by atoms with E-state index in [2.05, 4.69) is 26.7 Å². The third-order valence-electron chi connectivity index (χ3n) is 2.83. The molecule has 1 aliphatic carbocycles. The molecule has 0 spiro atoms. The normalized spacial score (nSPS) is 23.9. The Labute approximate surface area is 58.8 Å². The number of hydrogen-bond acceptors (Lipinski definition) is 1. The van der Waals surface area contributed by atoms with Gasteiger partial charge in [-0.05, 0) is 31.9 Å². The average Bonchev–Trinajstić information content (AvgIpc) is 1.81. The summed E-state index contributed by atoms with van der Waals surface area (Å²) in [5.74, 6) is 0. The molecule has 1 aliphatic rings. The van der Waals surface area contributed by atoms with Crippen molar-refractivity contribution >= 4 is 7.85 Å². The Bertz CT molecular complexity index is 99.1. The number of nitrogens with zero attached hydrogens (tertiary/aromatic N) is 1. The van der Waals surface area contributed by atoms with Gasteiger partial charge in [0.25, 0.3) is 0 Å². The van der Waals surface area contributed by atoms with Crippen LogP contribution in [0.1, 0.15) is 26.2 Å². The molecule has 0 aliphatic heterocycles. The molecule has 0 aromatic rings. The molecule has 1 rings (SSSR count). The Balaban J connectivity index is 2.38. The molecule has 0 radical (unpaired) electrons. The van der Waals surface area contributed by atoms with Gasteiger partial charge in [0.2, 0.25) is 0 Å². The van der Waals surface area contributed by atoms with Crippen molar-refractivity contribution in [3.05, 3.63) is 0 Å². The fourth-order valence-electron chi connectivity index (χ4n) is 1.45. The highest BCUT2D eigenvalue weighted by atomic mass is 15.2. The van der Waals surface area contributed by atoms with Gasteiger partial charge >= 0.3 is 0 Å². The fourth-order valence-corrected chi connectivity index (χ4v) is 1.45. The van der Waals surface area contributed by atoms with Crippen molar-refractivity contribution in [3.8, 4) is 0 Å². The van der Waals surface area contributed by atoms with Crippen LogP contribution in [0, 0.1) is 0 Å². The number of rotatable bonds is 2. The Hall–Kier alpha value is 0.0249. The molecule has 0 aromatic heterocycles. The first-order chi connectivity index (χ1) is 4.19. The predicted molar refractivity (Wildman–Crippen MR) is 43.4 cm³/mol. The van der Waals surface area contributed by atoms with Crippen LogP contribution >= 0.6 is 0 Å². The Kier molecular flexibility index (Phi) is 1.85. The van der Waals surface area contributed by atoms with E-state index < -0.39 is 0 Å². The maximum Gasteiger partial charge on any atom is 0.127 e. The molecule has 2 heteroatoms. The van der Waals surface area contributed by atoms with Gasteiger partial charge in [0, 0.05) is 0 Å². The van der Waals surface area contributed by atoms with Crippen molar-refractivity contribution in [3.63, 3.8) is 0 Å². The average molecular weight is 125 g/mol. The maximum atomic E-state index is 2.45. The smallest absolute Gasteiger partial charge is 0.127 e. The van der Waals surface area contributed by atoms with E-state index in [9.17, 15) is 0 Å². The van der Waals surface area contributed by atoms with Crippen molar-refractivity contribution < 1.29 is 0 Å². The van der Waals surface area contributed by atoms with Crippen LogP contribution in [-0.4, -0.2) is 31.8 Å². The summed E-state index contributed by atoms with van der Waals surface area (Å²) >= 11 is 0. The van der Waals surface area contributed by atoms with Crippen LogP contribution in [0.5, 0.6) is 0 Å². The summed E-state index contributed by atoms with van der Waals surface area (Å²) in [5, 5.41) is 0. The molecule has 1 saturated carbocycles. The zero-order valence-electron chi connectivity index (χ0n) is 6.78. The van der Waals surface area contributed by atoms with Gasteiger partial charge in [0.1, 0.15) is 7.85 Å². The third kappa shape index (κ3) is 1.13. The van der Waals surface area contributed by atoms with Gasteiger partial charge < -0.3 is 4.90 Å².